The standard InChI is InChI=1S/C29H40N8O4/c30-25(38)23(17-19-9-3-1-4-10-19)36-27(40)22(14-8-16-34-29(31)32)35-28(41)24(18-20-11-5-2-6-12-20)37-26(39)21-13-7-15-33-21/h1-6,9-12,21-24,33H,7-8,13-18H2,(H2,30,38)(H,35,41)(H,36,40)(H,37,39)(H4,31,32,34)/t21-,22-,23-,24-/m0/s1. The third-order valence-electron chi connectivity index (χ3n) is 6.85. The minimum absolute atomic E-state index is 0.185. The maximum absolute atomic E-state index is 13.6. The van der Waals surface area contributed by atoms with Crippen molar-refractivity contribution in [3.63, 3.8) is 0 Å². The van der Waals surface area contributed by atoms with Crippen LogP contribution in [0.15, 0.2) is 60.7 Å². The first kappa shape index (κ1) is 31.1. The molecule has 0 bridgehead atoms. The van der Waals surface area contributed by atoms with Gasteiger partial charge in [-0.15, -0.1) is 0 Å². The van der Waals surface area contributed by atoms with Gasteiger partial charge < -0.3 is 38.1 Å². The average molecular weight is 565 g/mol. The van der Waals surface area contributed by atoms with E-state index in [4.69, 9.17) is 16.9 Å². The van der Waals surface area contributed by atoms with E-state index in [9.17, 15) is 19.2 Å². The molecule has 0 unspecified atom stereocenters. The van der Waals surface area contributed by atoms with Crippen LogP contribution >= 0.6 is 0 Å². The van der Waals surface area contributed by atoms with Crippen LogP contribution < -0.4 is 38.1 Å². The second-order valence-electron chi connectivity index (χ2n) is 10.1. The number of hydrogen-bond donors (Lipinski definition) is 8. The van der Waals surface area contributed by atoms with E-state index in [0.717, 1.165) is 24.1 Å². The largest absolute Gasteiger partial charge is 0.370 e. The summed E-state index contributed by atoms with van der Waals surface area (Å²) in [7, 11) is 0. The Morgan fingerprint density at radius 1 is 0.829 bits per heavy atom. The summed E-state index contributed by atoms with van der Waals surface area (Å²) >= 11 is 0. The van der Waals surface area contributed by atoms with E-state index in [1.165, 1.54) is 0 Å². The van der Waals surface area contributed by atoms with Gasteiger partial charge in [-0.05, 0) is 43.4 Å². The number of benzene rings is 2. The van der Waals surface area contributed by atoms with Gasteiger partial charge in [0.15, 0.2) is 5.96 Å². The molecule has 3 rings (SSSR count). The molecule has 10 N–H and O–H groups in total. The van der Waals surface area contributed by atoms with Crippen molar-refractivity contribution < 1.29 is 19.2 Å². The molecule has 2 aromatic rings. The zero-order valence-corrected chi connectivity index (χ0v) is 23.0. The summed E-state index contributed by atoms with van der Waals surface area (Å²) in [6.45, 7) is 1.03. The molecule has 41 heavy (non-hydrogen) atoms. The molecule has 220 valence electrons. The Labute approximate surface area is 239 Å². The minimum atomic E-state index is -1.03. The Balaban J connectivity index is 1.75. The van der Waals surface area contributed by atoms with E-state index >= 15 is 0 Å². The fraction of sp³-hybridized carbons (Fsp3) is 0.414. The molecule has 12 nitrogen and oxygen atoms in total. The van der Waals surface area contributed by atoms with E-state index in [0.29, 0.717) is 19.4 Å². The molecule has 0 aromatic heterocycles. The van der Waals surface area contributed by atoms with Crippen LogP contribution in [-0.4, -0.2) is 66.8 Å². The lowest BCUT2D eigenvalue weighted by molar-refractivity contribution is -0.133. The molecule has 0 spiro atoms. The fourth-order valence-corrected chi connectivity index (χ4v) is 4.65. The molecule has 1 saturated heterocycles. The van der Waals surface area contributed by atoms with E-state index in [2.05, 4.69) is 26.6 Å². The van der Waals surface area contributed by atoms with Crippen molar-refractivity contribution in [3.8, 4) is 0 Å². The van der Waals surface area contributed by atoms with Crippen LogP contribution in [0.25, 0.3) is 0 Å². The summed E-state index contributed by atoms with van der Waals surface area (Å²) in [5.41, 5.74) is 12.6. The lowest BCUT2D eigenvalue weighted by Crippen LogP contribution is -2.58. The van der Waals surface area contributed by atoms with Crippen molar-refractivity contribution in [3.05, 3.63) is 71.8 Å². The summed E-state index contributed by atoms with van der Waals surface area (Å²) in [5, 5.41) is 21.5. The van der Waals surface area contributed by atoms with Gasteiger partial charge in [0.25, 0.3) is 0 Å². The van der Waals surface area contributed by atoms with Gasteiger partial charge in [0.2, 0.25) is 23.6 Å². The highest BCUT2D eigenvalue weighted by atomic mass is 16.2. The van der Waals surface area contributed by atoms with Crippen LogP contribution in [0.4, 0.5) is 0 Å². The number of guanidine groups is 1. The van der Waals surface area contributed by atoms with Gasteiger partial charge in [-0.2, -0.15) is 0 Å². The lowest BCUT2D eigenvalue weighted by atomic mass is 10.0. The smallest absolute Gasteiger partial charge is 0.243 e. The first-order valence-corrected chi connectivity index (χ1v) is 13.8. The Morgan fingerprint density at radius 3 is 1.93 bits per heavy atom. The number of hydrogen-bond acceptors (Lipinski definition) is 6. The van der Waals surface area contributed by atoms with Crippen LogP contribution in [0.2, 0.25) is 0 Å². The summed E-state index contributed by atoms with van der Waals surface area (Å²) < 4.78 is 0. The Kier molecular flexibility index (Phi) is 12.1. The SMILES string of the molecule is N=C(N)NCCC[C@H](NC(=O)[C@H](Cc1ccccc1)NC(=O)[C@@H]1CCCN1)C(=O)N[C@@H](Cc1ccccc1)C(N)=O. The summed E-state index contributed by atoms with van der Waals surface area (Å²) in [6.07, 6.45) is 2.53. The number of carbonyl (C=O) groups excluding carboxylic acids is 4. The molecular weight excluding hydrogens is 524 g/mol. The predicted molar refractivity (Wildman–Crippen MR) is 155 cm³/mol. The number of amides is 4. The van der Waals surface area contributed by atoms with Gasteiger partial charge in [0, 0.05) is 19.4 Å². The van der Waals surface area contributed by atoms with Crippen LogP contribution in [-0.2, 0) is 32.0 Å². The third-order valence-corrected chi connectivity index (χ3v) is 6.85. The van der Waals surface area contributed by atoms with Gasteiger partial charge in [0.1, 0.15) is 18.1 Å². The summed E-state index contributed by atoms with van der Waals surface area (Å²) in [5.74, 6) is -2.30. The Morgan fingerprint density at radius 2 is 1.39 bits per heavy atom. The molecule has 12 heteroatoms. The molecule has 0 aliphatic carbocycles. The molecule has 1 heterocycles. The average Bonchev–Trinajstić information content (AvgIpc) is 3.50. The maximum atomic E-state index is 13.6. The number of primary amides is 1. The molecule has 1 aliphatic heterocycles. The molecule has 4 amide bonds. The van der Waals surface area contributed by atoms with Crippen molar-refractivity contribution in [1.82, 2.24) is 26.6 Å². The van der Waals surface area contributed by atoms with Gasteiger partial charge in [0.05, 0.1) is 6.04 Å². The lowest BCUT2D eigenvalue weighted by Gasteiger charge is -2.26. The zero-order chi connectivity index (χ0) is 29.6. The highest BCUT2D eigenvalue weighted by molar-refractivity contribution is 5.94. The Hall–Kier alpha value is -4.45. The second-order valence-corrected chi connectivity index (χ2v) is 10.1. The van der Waals surface area contributed by atoms with E-state index in [1.807, 2.05) is 60.7 Å². The molecule has 2 aromatic carbocycles. The minimum Gasteiger partial charge on any atom is -0.370 e. The monoisotopic (exact) mass is 564 g/mol. The third kappa shape index (κ3) is 10.6. The van der Waals surface area contributed by atoms with Gasteiger partial charge in [-0.25, -0.2) is 0 Å². The highest BCUT2D eigenvalue weighted by Gasteiger charge is 2.31. The quantitative estimate of drug-likeness (QED) is 0.0802. The van der Waals surface area contributed by atoms with Crippen LogP contribution in [0, 0.1) is 5.41 Å². The van der Waals surface area contributed by atoms with Gasteiger partial charge in [-0.3, -0.25) is 24.6 Å². The van der Waals surface area contributed by atoms with Crippen LogP contribution in [0.3, 0.4) is 0 Å². The molecule has 1 fully saturated rings. The van der Waals surface area contributed by atoms with E-state index in [1.54, 1.807) is 0 Å². The molecule has 1 aliphatic rings. The molecular formula is C29H40N8O4. The topological polar surface area (TPSA) is 204 Å². The van der Waals surface area contributed by atoms with Crippen molar-refractivity contribution in [1.29, 1.82) is 5.41 Å². The summed E-state index contributed by atoms with van der Waals surface area (Å²) in [6, 6.07) is 15.1. The van der Waals surface area contributed by atoms with Crippen molar-refractivity contribution >= 4 is 29.6 Å². The number of nitrogens with two attached hydrogens (primary N) is 2. The zero-order valence-electron chi connectivity index (χ0n) is 23.0. The van der Waals surface area contributed by atoms with Crippen molar-refractivity contribution in [2.24, 2.45) is 11.5 Å². The summed E-state index contributed by atoms with van der Waals surface area (Å²) in [4.78, 5) is 52.1. The molecule has 4 atom stereocenters. The van der Waals surface area contributed by atoms with Gasteiger partial charge in [-0.1, -0.05) is 60.7 Å². The highest BCUT2D eigenvalue weighted by Crippen LogP contribution is 2.10. The fourth-order valence-electron chi connectivity index (χ4n) is 4.65. The number of rotatable bonds is 15. The first-order valence-electron chi connectivity index (χ1n) is 13.8. The van der Waals surface area contributed by atoms with E-state index in [-0.39, 0.29) is 37.2 Å². The molecule has 0 saturated carbocycles. The van der Waals surface area contributed by atoms with Gasteiger partial charge >= 0.3 is 0 Å². The second kappa shape index (κ2) is 16.0. The van der Waals surface area contributed by atoms with E-state index < -0.39 is 35.8 Å². The van der Waals surface area contributed by atoms with Crippen LogP contribution in [0.1, 0.15) is 36.8 Å². The number of nitrogens with one attached hydrogen (secondary N) is 6. The Bertz CT molecular complexity index is 1170. The maximum Gasteiger partial charge on any atom is 0.243 e. The predicted octanol–water partition coefficient (Wildman–Crippen LogP) is -0.573. The van der Waals surface area contributed by atoms with Crippen molar-refractivity contribution in [2.75, 3.05) is 13.1 Å². The van der Waals surface area contributed by atoms with Crippen molar-refractivity contribution in [2.45, 2.75) is 62.7 Å². The normalized spacial score (nSPS) is 16.5. The first-order chi connectivity index (χ1) is 19.7. The molecule has 0 radical (unpaired) electrons. The van der Waals surface area contributed by atoms with Crippen LogP contribution in [0.5, 0.6) is 0 Å². The number of carbonyl (C=O) groups is 4.